The van der Waals surface area contributed by atoms with E-state index in [0.29, 0.717) is 21.7 Å². The molecule has 198 valence electrons. The predicted octanol–water partition coefficient (Wildman–Crippen LogP) is 6.49. The average molecular weight is 549 g/mol. The number of amides is 1. The molecule has 2 atom stereocenters. The minimum atomic E-state index is -4.78. The molecule has 7 nitrogen and oxygen atoms in total. The van der Waals surface area contributed by atoms with Crippen LogP contribution < -0.4 is 20.1 Å². The van der Waals surface area contributed by atoms with Gasteiger partial charge in [-0.1, -0.05) is 29.8 Å². The monoisotopic (exact) mass is 548 g/mol. The number of alkyl halides is 6. The minimum absolute atomic E-state index is 0.291. The third-order valence-electron chi connectivity index (χ3n) is 5.80. The summed E-state index contributed by atoms with van der Waals surface area (Å²) in [5.74, 6) is -0.840. The van der Waals surface area contributed by atoms with Crippen LogP contribution in [0.15, 0.2) is 42.5 Å². The lowest BCUT2D eigenvalue weighted by Crippen LogP contribution is -2.35. The molecular weight excluding hydrogens is 530 g/mol. The summed E-state index contributed by atoms with van der Waals surface area (Å²) in [4.78, 5) is 12.8. The lowest BCUT2D eigenvalue weighted by atomic mass is 9.96. The highest BCUT2D eigenvalue weighted by molar-refractivity contribution is 6.36. The fourth-order valence-corrected chi connectivity index (χ4v) is 4.31. The zero-order chi connectivity index (χ0) is 27.1. The molecule has 0 saturated carbocycles. The molecule has 0 saturated heterocycles. The number of benzene rings is 2. The number of hydrogen-bond acceptors (Lipinski definition) is 5. The molecule has 1 aliphatic rings. The molecule has 0 unspecified atom stereocenters. The number of hydrogen-bond donors (Lipinski definition) is 2. The zero-order valence-corrected chi connectivity index (χ0v) is 19.9. The van der Waals surface area contributed by atoms with Crippen LogP contribution in [0.4, 0.5) is 37.8 Å². The summed E-state index contributed by atoms with van der Waals surface area (Å²) in [5, 5.41) is 8.18. The van der Waals surface area contributed by atoms with Gasteiger partial charge in [0.05, 0.1) is 31.5 Å². The van der Waals surface area contributed by atoms with Crippen molar-refractivity contribution in [3.63, 3.8) is 0 Å². The number of halogens is 7. The molecule has 2 N–H and O–H groups in total. The van der Waals surface area contributed by atoms with E-state index < -0.39 is 58.7 Å². The van der Waals surface area contributed by atoms with Crippen LogP contribution in [-0.4, -0.2) is 36.1 Å². The Kier molecular flexibility index (Phi) is 6.93. The number of nitrogens with zero attached hydrogens (tertiary/aromatic N) is 2. The summed E-state index contributed by atoms with van der Waals surface area (Å²) in [6.45, 7) is 0. The number of carbonyl (C=O) groups excluding carboxylic acids is 1. The smallest absolute Gasteiger partial charge is 0.418 e. The zero-order valence-electron chi connectivity index (χ0n) is 19.2. The first-order valence-corrected chi connectivity index (χ1v) is 11.0. The van der Waals surface area contributed by atoms with Crippen LogP contribution in [0.5, 0.6) is 11.5 Å². The van der Waals surface area contributed by atoms with E-state index in [1.807, 2.05) is 5.32 Å². The number of aromatic nitrogens is 2. The van der Waals surface area contributed by atoms with Crippen molar-refractivity contribution in [3.8, 4) is 11.5 Å². The second-order valence-electron chi connectivity index (χ2n) is 8.06. The molecule has 14 heteroatoms. The predicted molar refractivity (Wildman–Crippen MR) is 122 cm³/mol. The fourth-order valence-electron chi connectivity index (χ4n) is 4.04. The summed E-state index contributed by atoms with van der Waals surface area (Å²) in [6.07, 6.45) is -10.1. The fraction of sp³-hybridized carbons (Fsp3) is 0.304. The Morgan fingerprint density at radius 1 is 1.08 bits per heavy atom. The van der Waals surface area contributed by atoms with Crippen molar-refractivity contribution in [2.75, 3.05) is 24.9 Å². The van der Waals surface area contributed by atoms with E-state index >= 15 is 0 Å². The van der Waals surface area contributed by atoms with Gasteiger partial charge in [0.1, 0.15) is 10.8 Å². The minimum Gasteiger partial charge on any atom is -0.493 e. The van der Waals surface area contributed by atoms with Gasteiger partial charge >= 0.3 is 12.4 Å². The molecule has 2 heterocycles. The highest BCUT2D eigenvalue weighted by atomic mass is 35.5. The van der Waals surface area contributed by atoms with E-state index in [0.717, 1.165) is 18.2 Å². The second kappa shape index (κ2) is 9.69. The van der Waals surface area contributed by atoms with Gasteiger partial charge in [0.15, 0.2) is 23.2 Å². The van der Waals surface area contributed by atoms with Gasteiger partial charge in [0, 0.05) is 6.42 Å². The van der Waals surface area contributed by atoms with E-state index in [9.17, 15) is 31.1 Å². The maximum absolute atomic E-state index is 14.0. The SMILES string of the molecule is COc1ccc([C@H]2C[C@H](C(F)(F)F)n3nc(C(=O)Nc4ccccc4C(F)(F)F)c(Cl)c3N2)cc1OC. The topological polar surface area (TPSA) is 77.4 Å². The maximum Gasteiger partial charge on any atom is 0.418 e. The highest BCUT2D eigenvalue weighted by Gasteiger charge is 2.48. The van der Waals surface area contributed by atoms with Gasteiger partial charge in [-0.2, -0.15) is 31.4 Å². The third kappa shape index (κ3) is 5.13. The second-order valence-corrected chi connectivity index (χ2v) is 8.44. The van der Waals surface area contributed by atoms with Crippen molar-refractivity contribution in [2.24, 2.45) is 0 Å². The van der Waals surface area contributed by atoms with Crippen LogP contribution in [-0.2, 0) is 6.18 Å². The molecule has 3 aromatic rings. The number of methoxy groups -OCH3 is 2. The van der Waals surface area contributed by atoms with Crippen LogP contribution in [0.3, 0.4) is 0 Å². The number of ether oxygens (including phenoxy) is 2. The third-order valence-corrected chi connectivity index (χ3v) is 6.16. The standard InChI is InChI=1S/C23H19ClF6N4O3/c1-36-15-8-7-11(9-16(15)37-2)14-10-17(23(28,29)30)34-20(31-14)18(24)19(33-34)21(35)32-13-6-4-3-5-12(13)22(25,26)27/h3-9,14,17,31H,10H2,1-2H3,(H,32,35)/t14-,17-/m1/s1. The van der Waals surface area contributed by atoms with Crippen molar-refractivity contribution >= 4 is 29.0 Å². The maximum atomic E-state index is 14.0. The van der Waals surface area contributed by atoms with Crippen molar-refractivity contribution < 1.29 is 40.6 Å². The Morgan fingerprint density at radius 2 is 1.76 bits per heavy atom. The van der Waals surface area contributed by atoms with E-state index in [1.165, 1.54) is 32.4 Å². The molecule has 4 rings (SSSR count). The Labute approximate surface area is 211 Å². The van der Waals surface area contributed by atoms with Crippen LogP contribution in [0.1, 0.15) is 40.1 Å². The average Bonchev–Trinajstić information content (AvgIpc) is 3.18. The van der Waals surface area contributed by atoms with Crippen molar-refractivity contribution in [2.45, 2.75) is 30.9 Å². The molecule has 2 aromatic carbocycles. The van der Waals surface area contributed by atoms with E-state index in [1.54, 1.807) is 6.07 Å². The lowest BCUT2D eigenvalue weighted by molar-refractivity contribution is -0.173. The summed E-state index contributed by atoms with van der Waals surface area (Å²) in [5.41, 5.74) is -1.97. The molecule has 0 spiro atoms. The van der Waals surface area contributed by atoms with Crippen molar-refractivity contribution in [3.05, 3.63) is 64.3 Å². The molecule has 0 radical (unpaired) electrons. The molecular formula is C23H19ClF6N4O3. The van der Waals surface area contributed by atoms with Crippen LogP contribution >= 0.6 is 11.6 Å². The first-order valence-electron chi connectivity index (χ1n) is 10.7. The number of carbonyl (C=O) groups is 1. The summed E-state index contributed by atoms with van der Waals surface area (Å²) < 4.78 is 93.0. The van der Waals surface area contributed by atoms with Crippen molar-refractivity contribution in [1.82, 2.24) is 9.78 Å². The van der Waals surface area contributed by atoms with Gasteiger partial charge < -0.3 is 20.1 Å². The van der Waals surface area contributed by atoms with Gasteiger partial charge in [0.2, 0.25) is 0 Å². The van der Waals surface area contributed by atoms with Crippen LogP contribution in [0, 0.1) is 0 Å². The van der Waals surface area contributed by atoms with Gasteiger partial charge in [-0.3, -0.25) is 4.79 Å². The number of anilines is 2. The highest BCUT2D eigenvalue weighted by Crippen LogP contribution is 2.47. The summed E-state index contributed by atoms with van der Waals surface area (Å²) in [7, 11) is 2.79. The Balaban J connectivity index is 1.72. The first-order chi connectivity index (χ1) is 17.3. The first kappa shape index (κ1) is 26.5. The number of rotatable bonds is 5. The molecule has 1 amide bonds. The molecule has 0 bridgehead atoms. The van der Waals surface area contributed by atoms with Gasteiger partial charge in [-0.05, 0) is 29.8 Å². The molecule has 1 aliphatic heterocycles. The Bertz CT molecular complexity index is 1320. The quantitative estimate of drug-likeness (QED) is 0.357. The van der Waals surface area contributed by atoms with Gasteiger partial charge in [0.25, 0.3) is 5.91 Å². The number of nitrogens with one attached hydrogen (secondary N) is 2. The van der Waals surface area contributed by atoms with Crippen LogP contribution in [0.25, 0.3) is 0 Å². The van der Waals surface area contributed by atoms with E-state index in [4.69, 9.17) is 21.1 Å². The lowest BCUT2D eigenvalue weighted by Gasteiger charge is -2.33. The van der Waals surface area contributed by atoms with Gasteiger partial charge in [-0.15, -0.1) is 0 Å². The van der Waals surface area contributed by atoms with E-state index in [2.05, 4.69) is 10.4 Å². The summed E-state index contributed by atoms with van der Waals surface area (Å²) >= 11 is 6.27. The normalized spacial score (nSPS) is 17.5. The van der Waals surface area contributed by atoms with Gasteiger partial charge in [-0.25, -0.2) is 4.68 Å². The number of para-hydroxylation sites is 1. The summed E-state index contributed by atoms with van der Waals surface area (Å²) in [6, 6.07) is 5.65. The van der Waals surface area contributed by atoms with Crippen molar-refractivity contribution in [1.29, 1.82) is 0 Å². The van der Waals surface area contributed by atoms with Crippen LogP contribution in [0.2, 0.25) is 5.02 Å². The Morgan fingerprint density at radius 3 is 2.38 bits per heavy atom. The molecule has 37 heavy (non-hydrogen) atoms. The Hall–Kier alpha value is -3.61. The molecule has 1 aromatic heterocycles. The van der Waals surface area contributed by atoms with E-state index in [-0.39, 0.29) is 5.82 Å². The number of fused-ring (bicyclic) bond motifs is 1. The molecule has 0 fully saturated rings. The molecule has 0 aliphatic carbocycles. The largest absolute Gasteiger partial charge is 0.493 e.